The van der Waals surface area contributed by atoms with Crippen LogP contribution in [0.2, 0.25) is 0 Å². The topological polar surface area (TPSA) is 34.0 Å². The fourth-order valence-electron chi connectivity index (χ4n) is 3.13. The molecule has 1 saturated heterocycles. The molecule has 23 heavy (non-hydrogen) atoms. The third-order valence-corrected chi connectivity index (χ3v) is 5.32. The van der Waals surface area contributed by atoms with Crippen LogP contribution >= 0.6 is 11.8 Å². The summed E-state index contributed by atoms with van der Waals surface area (Å²) in [5, 5.41) is 8.85. The molecule has 4 nitrogen and oxygen atoms in total. The highest BCUT2D eigenvalue weighted by molar-refractivity contribution is 7.99. The lowest BCUT2D eigenvalue weighted by atomic mass is 10.1. The van der Waals surface area contributed by atoms with Crippen molar-refractivity contribution in [1.82, 2.24) is 19.9 Å². The van der Waals surface area contributed by atoms with Crippen LogP contribution in [0, 0.1) is 6.92 Å². The van der Waals surface area contributed by atoms with Crippen molar-refractivity contribution in [2.45, 2.75) is 13.1 Å². The van der Waals surface area contributed by atoms with E-state index in [0.717, 1.165) is 24.1 Å². The van der Waals surface area contributed by atoms with Crippen LogP contribution in [0.1, 0.15) is 17.3 Å². The number of aromatic nitrogens is 3. The molecule has 1 unspecified atom stereocenters. The first-order valence-electron chi connectivity index (χ1n) is 8.01. The molecule has 0 bridgehead atoms. The first-order chi connectivity index (χ1) is 11.3. The van der Waals surface area contributed by atoms with Crippen LogP contribution in [0.4, 0.5) is 0 Å². The summed E-state index contributed by atoms with van der Waals surface area (Å²) >= 11 is 2.03. The van der Waals surface area contributed by atoms with Crippen LogP contribution in [0.5, 0.6) is 0 Å². The lowest BCUT2D eigenvalue weighted by molar-refractivity contribution is 0.178. The van der Waals surface area contributed by atoms with Crippen molar-refractivity contribution in [1.29, 1.82) is 0 Å². The molecule has 2 heterocycles. The van der Waals surface area contributed by atoms with Crippen molar-refractivity contribution >= 4 is 22.8 Å². The zero-order chi connectivity index (χ0) is 15.6. The Morgan fingerprint density at radius 2 is 1.74 bits per heavy atom. The van der Waals surface area contributed by atoms with Crippen molar-refractivity contribution in [3.63, 3.8) is 0 Å². The second-order valence-electron chi connectivity index (χ2n) is 5.96. The summed E-state index contributed by atoms with van der Waals surface area (Å²) < 4.78 is 2.08. The molecule has 1 fully saturated rings. The first kappa shape index (κ1) is 14.7. The quantitative estimate of drug-likeness (QED) is 0.740. The minimum absolute atomic E-state index is 0.115. The number of rotatable bonds is 3. The second kappa shape index (κ2) is 6.34. The molecular formula is C18H20N4S. The second-order valence-corrected chi connectivity index (χ2v) is 7.18. The Hall–Kier alpha value is -1.85. The Kier molecular flexibility index (Phi) is 4.06. The van der Waals surface area contributed by atoms with E-state index in [1.54, 1.807) is 0 Å². The average Bonchev–Trinajstić information content (AvgIpc) is 3.02. The molecule has 3 aromatic rings. The molecular weight excluding hydrogens is 304 g/mol. The zero-order valence-electron chi connectivity index (χ0n) is 13.2. The number of aryl methyl sites for hydroxylation is 1. The number of hydrogen-bond acceptors (Lipinski definition) is 4. The van der Waals surface area contributed by atoms with Crippen LogP contribution in [0.25, 0.3) is 11.0 Å². The molecule has 0 N–H and O–H groups in total. The molecule has 0 spiro atoms. The first-order valence-corrected chi connectivity index (χ1v) is 9.17. The van der Waals surface area contributed by atoms with E-state index in [-0.39, 0.29) is 6.17 Å². The number of benzene rings is 2. The monoisotopic (exact) mass is 324 g/mol. The molecule has 118 valence electrons. The van der Waals surface area contributed by atoms with E-state index in [2.05, 4.69) is 63.2 Å². The van der Waals surface area contributed by atoms with Gasteiger partial charge in [0, 0.05) is 24.6 Å². The van der Waals surface area contributed by atoms with Crippen LogP contribution in [0.15, 0.2) is 48.5 Å². The lowest BCUT2D eigenvalue weighted by Crippen LogP contribution is -2.39. The summed E-state index contributed by atoms with van der Waals surface area (Å²) in [6, 6.07) is 17.0. The van der Waals surface area contributed by atoms with Crippen LogP contribution in [-0.2, 0) is 0 Å². The highest BCUT2D eigenvalue weighted by Crippen LogP contribution is 2.28. The SMILES string of the molecule is Cc1ccc(C(N2CCSCC2)n2nnc3ccccc32)cc1. The third-order valence-electron chi connectivity index (χ3n) is 4.38. The predicted molar refractivity (Wildman–Crippen MR) is 95.7 cm³/mol. The van der Waals surface area contributed by atoms with E-state index in [1.165, 1.54) is 22.6 Å². The fraction of sp³-hybridized carbons (Fsp3) is 0.333. The van der Waals surface area contributed by atoms with Crippen LogP contribution < -0.4 is 0 Å². The molecule has 1 aliphatic heterocycles. The van der Waals surface area contributed by atoms with E-state index >= 15 is 0 Å². The van der Waals surface area contributed by atoms with Gasteiger partial charge in [0.1, 0.15) is 11.7 Å². The Bertz CT molecular complexity index is 790. The summed E-state index contributed by atoms with van der Waals surface area (Å²) in [6.45, 7) is 4.29. The molecule has 0 radical (unpaired) electrons. The summed E-state index contributed by atoms with van der Waals surface area (Å²) in [4.78, 5) is 2.52. The van der Waals surface area contributed by atoms with Gasteiger partial charge in [-0.05, 0) is 24.6 Å². The Labute approximate surface area is 140 Å². The summed E-state index contributed by atoms with van der Waals surface area (Å²) in [6.07, 6.45) is 0.115. The number of thioether (sulfide) groups is 1. The van der Waals surface area contributed by atoms with Gasteiger partial charge in [-0.2, -0.15) is 11.8 Å². The van der Waals surface area contributed by atoms with E-state index in [1.807, 2.05) is 23.9 Å². The average molecular weight is 324 g/mol. The minimum Gasteiger partial charge on any atom is -0.276 e. The lowest BCUT2D eigenvalue weighted by Gasteiger charge is -2.34. The minimum atomic E-state index is 0.115. The smallest absolute Gasteiger partial charge is 0.132 e. The third kappa shape index (κ3) is 2.86. The van der Waals surface area contributed by atoms with Crippen LogP contribution in [-0.4, -0.2) is 44.5 Å². The normalized spacial score (nSPS) is 17.4. The van der Waals surface area contributed by atoms with E-state index in [4.69, 9.17) is 0 Å². The van der Waals surface area contributed by atoms with Crippen molar-refractivity contribution in [3.8, 4) is 0 Å². The van der Waals surface area contributed by atoms with Gasteiger partial charge in [0.25, 0.3) is 0 Å². The van der Waals surface area contributed by atoms with Gasteiger partial charge >= 0.3 is 0 Å². The maximum Gasteiger partial charge on any atom is 0.132 e. The molecule has 0 amide bonds. The van der Waals surface area contributed by atoms with Gasteiger partial charge in [0.15, 0.2) is 0 Å². The Morgan fingerprint density at radius 1 is 1.00 bits per heavy atom. The van der Waals surface area contributed by atoms with E-state index in [9.17, 15) is 0 Å². The number of para-hydroxylation sites is 1. The Morgan fingerprint density at radius 3 is 2.52 bits per heavy atom. The Balaban J connectivity index is 1.82. The summed E-state index contributed by atoms with van der Waals surface area (Å²) in [7, 11) is 0. The van der Waals surface area contributed by atoms with E-state index < -0.39 is 0 Å². The molecule has 1 aliphatic rings. The highest BCUT2D eigenvalue weighted by Gasteiger charge is 2.26. The molecule has 5 heteroatoms. The molecule has 2 aromatic carbocycles. The number of nitrogens with zero attached hydrogens (tertiary/aromatic N) is 4. The van der Waals surface area contributed by atoms with Crippen molar-refractivity contribution in [2.24, 2.45) is 0 Å². The molecule has 1 aromatic heterocycles. The number of hydrogen-bond donors (Lipinski definition) is 0. The van der Waals surface area contributed by atoms with Crippen molar-refractivity contribution in [3.05, 3.63) is 59.7 Å². The summed E-state index contributed by atoms with van der Waals surface area (Å²) in [5.41, 5.74) is 4.61. The molecule has 4 rings (SSSR count). The summed E-state index contributed by atoms with van der Waals surface area (Å²) in [5.74, 6) is 2.35. The standard InChI is InChI=1S/C18H20N4S/c1-14-6-8-15(9-7-14)18(21-10-12-23-13-11-21)22-17-5-3-2-4-16(17)19-20-22/h2-9,18H,10-13H2,1H3. The van der Waals surface area contributed by atoms with Gasteiger partial charge in [0.05, 0.1) is 5.52 Å². The predicted octanol–water partition coefficient (Wildman–Crippen LogP) is 3.34. The van der Waals surface area contributed by atoms with Gasteiger partial charge in [0.2, 0.25) is 0 Å². The largest absolute Gasteiger partial charge is 0.276 e. The highest BCUT2D eigenvalue weighted by atomic mass is 32.2. The molecule has 1 atom stereocenters. The van der Waals surface area contributed by atoms with Gasteiger partial charge in [-0.25, -0.2) is 4.68 Å². The molecule has 0 aliphatic carbocycles. The van der Waals surface area contributed by atoms with E-state index in [0.29, 0.717) is 0 Å². The molecule has 0 saturated carbocycles. The van der Waals surface area contributed by atoms with Crippen molar-refractivity contribution < 1.29 is 0 Å². The zero-order valence-corrected chi connectivity index (χ0v) is 14.0. The van der Waals surface area contributed by atoms with Crippen molar-refractivity contribution in [2.75, 3.05) is 24.6 Å². The maximum atomic E-state index is 4.49. The fourth-order valence-corrected chi connectivity index (χ4v) is 4.07. The van der Waals surface area contributed by atoms with Crippen LogP contribution in [0.3, 0.4) is 0 Å². The van der Waals surface area contributed by atoms with Gasteiger partial charge < -0.3 is 0 Å². The van der Waals surface area contributed by atoms with Gasteiger partial charge in [-0.1, -0.05) is 47.2 Å². The maximum absolute atomic E-state index is 4.49. The van der Waals surface area contributed by atoms with Gasteiger partial charge in [-0.3, -0.25) is 4.90 Å². The van der Waals surface area contributed by atoms with Gasteiger partial charge in [-0.15, -0.1) is 5.10 Å². The number of fused-ring (bicyclic) bond motifs is 1.